The molecular formula is C10H12N2. The molecule has 0 unspecified atom stereocenters. The van der Waals surface area contributed by atoms with Gasteiger partial charge in [0.1, 0.15) is 0 Å². The molecule has 1 aromatic rings. The second kappa shape index (κ2) is 2.67. The molecule has 0 spiro atoms. The van der Waals surface area contributed by atoms with Gasteiger partial charge in [0.15, 0.2) is 0 Å². The van der Waals surface area contributed by atoms with Crippen LogP contribution in [0.1, 0.15) is 31.4 Å². The van der Waals surface area contributed by atoms with Crippen LogP contribution in [0.5, 0.6) is 0 Å². The molecule has 1 fully saturated rings. The summed E-state index contributed by atoms with van der Waals surface area (Å²) in [6.45, 7) is 0. The van der Waals surface area contributed by atoms with Crippen molar-refractivity contribution in [2.75, 3.05) is 0 Å². The number of nitrogens with one attached hydrogen (secondary N) is 1. The Morgan fingerprint density at radius 3 is 2.67 bits per heavy atom. The Hall–Kier alpha value is -1.23. The Balaban J connectivity index is 2.36. The predicted octanol–water partition coefficient (Wildman–Crippen LogP) is 2.35. The molecule has 12 heavy (non-hydrogen) atoms. The molecule has 0 aromatic carbocycles. The van der Waals surface area contributed by atoms with Crippen LogP contribution in [0.3, 0.4) is 0 Å². The van der Waals surface area contributed by atoms with Crippen LogP contribution >= 0.6 is 0 Å². The summed E-state index contributed by atoms with van der Waals surface area (Å²) in [5.74, 6) is 0. The number of H-pyrrole nitrogens is 1. The lowest BCUT2D eigenvalue weighted by Crippen LogP contribution is -2.19. The topological polar surface area (TPSA) is 39.6 Å². The van der Waals surface area contributed by atoms with Gasteiger partial charge >= 0.3 is 0 Å². The minimum Gasteiger partial charge on any atom is -0.364 e. The number of nitrogens with zero attached hydrogens (tertiary/aromatic N) is 1. The van der Waals surface area contributed by atoms with Crippen LogP contribution in [0.2, 0.25) is 0 Å². The molecule has 1 N–H and O–H groups in total. The Labute approximate surface area is 72.2 Å². The van der Waals surface area contributed by atoms with Crippen molar-refractivity contribution in [3.8, 4) is 6.07 Å². The molecular weight excluding hydrogens is 148 g/mol. The predicted molar refractivity (Wildman–Crippen MR) is 46.6 cm³/mol. The second-order valence-corrected chi connectivity index (χ2v) is 3.48. The van der Waals surface area contributed by atoms with E-state index in [9.17, 15) is 0 Å². The minimum absolute atomic E-state index is 0.191. The van der Waals surface area contributed by atoms with Gasteiger partial charge in [-0.25, -0.2) is 0 Å². The lowest BCUT2D eigenvalue weighted by atomic mass is 9.85. The molecule has 0 bridgehead atoms. The van der Waals surface area contributed by atoms with E-state index in [1.54, 1.807) is 0 Å². The summed E-state index contributed by atoms with van der Waals surface area (Å²) in [6, 6.07) is 6.44. The molecule has 0 amide bonds. The van der Waals surface area contributed by atoms with Gasteiger partial charge in [0.2, 0.25) is 0 Å². The van der Waals surface area contributed by atoms with Crippen molar-refractivity contribution in [2.24, 2.45) is 0 Å². The SMILES string of the molecule is N#CC1(c2ccc[nH]2)CCCC1. The standard InChI is InChI=1S/C10H12N2/c11-8-10(5-1-2-6-10)9-4-3-7-12-9/h3-4,7,12H,1-2,5-6H2. The number of aromatic nitrogens is 1. The molecule has 0 saturated heterocycles. The fraction of sp³-hybridized carbons (Fsp3) is 0.500. The zero-order chi connectivity index (χ0) is 8.44. The molecule has 0 aliphatic heterocycles. The first-order valence-electron chi connectivity index (χ1n) is 4.42. The highest BCUT2D eigenvalue weighted by atomic mass is 14.7. The summed E-state index contributed by atoms with van der Waals surface area (Å²) in [4.78, 5) is 3.15. The Morgan fingerprint density at radius 2 is 2.17 bits per heavy atom. The highest BCUT2D eigenvalue weighted by molar-refractivity contribution is 5.27. The Bertz CT molecular complexity index is 286. The fourth-order valence-corrected chi connectivity index (χ4v) is 2.05. The molecule has 2 nitrogen and oxygen atoms in total. The number of rotatable bonds is 1. The Morgan fingerprint density at radius 1 is 1.42 bits per heavy atom. The van der Waals surface area contributed by atoms with Gasteiger partial charge in [0.25, 0.3) is 0 Å². The van der Waals surface area contributed by atoms with Gasteiger partial charge in [-0.05, 0) is 25.0 Å². The van der Waals surface area contributed by atoms with E-state index < -0.39 is 0 Å². The van der Waals surface area contributed by atoms with E-state index in [-0.39, 0.29) is 5.41 Å². The van der Waals surface area contributed by atoms with Crippen molar-refractivity contribution in [1.82, 2.24) is 4.98 Å². The number of aromatic amines is 1. The molecule has 1 heterocycles. The summed E-state index contributed by atoms with van der Waals surface area (Å²) in [6.07, 6.45) is 6.31. The first kappa shape index (κ1) is 7.42. The fourth-order valence-electron chi connectivity index (χ4n) is 2.05. The zero-order valence-corrected chi connectivity index (χ0v) is 7.01. The molecule has 1 saturated carbocycles. The smallest absolute Gasteiger partial charge is 0.0970 e. The maximum Gasteiger partial charge on any atom is 0.0970 e. The average Bonchev–Trinajstić information content (AvgIpc) is 2.76. The summed E-state index contributed by atoms with van der Waals surface area (Å²) >= 11 is 0. The van der Waals surface area contributed by atoms with Crippen LogP contribution in [0, 0.1) is 11.3 Å². The summed E-state index contributed by atoms with van der Waals surface area (Å²) in [7, 11) is 0. The van der Waals surface area contributed by atoms with E-state index >= 15 is 0 Å². The van der Waals surface area contributed by atoms with Crippen molar-refractivity contribution in [2.45, 2.75) is 31.1 Å². The second-order valence-electron chi connectivity index (χ2n) is 3.48. The molecule has 1 aliphatic rings. The van der Waals surface area contributed by atoms with Crippen molar-refractivity contribution in [3.05, 3.63) is 24.0 Å². The number of hydrogen-bond donors (Lipinski definition) is 1. The minimum atomic E-state index is -0.191. The summed E-state index contributed by atoms with van der Waals surface area (Å²) in [5, 5.41) is 9.12. The van der Waals surface area contributed by atoms with Gasteiger partial charge in [0.05, 0.1) is 11.5 Å². The van der Waals surface area contributed by atoms with Crippen LogP contribution in [0.15, 0.2) is 18.3 Å². The van der Waals surface area contributed by atoms with E-state index in [0.29, 0.717) is 0 Å². The molecule has 1 aliphatic carbocycles. The van der Waals surface area contributed by atoms with Gasteiger partial charge in [0, 0.05) is 11.9 Å². The molecule has 1 aromatic heterocycles. The third kappa shape index (κ3) is 0.937. The van der Waals surface area contributed by atoms with Crippen LogP contribution in [0.4, 0.5) is 0 Å². The molecule has 2 heteroatoms. The quantitative estimate of drug-likeness (QED) is 0.673. The Kier molecular flexibility index (Phi) is 1.65. The van der Waals surface area contributed by atoms with E-state index in [4.69, 9.17) is 5.26 Å². The van der Waals surface area contributed by atoms with E-state index in [2.05, 4.69) is 11.1 Å². The van der Waals surface area contributed by atoms with Gasteiger partial charge in [-0.15, -0.1) is 0 Å². The van der Waals surface area contributed by atoms with Gasteiger partial charge in [-0.3, -0.25) is 0 Å². The van der Waals surface area contributed by atoms with Crippen molar-refractivity contribution >= 4 is 0 Å². The normalized spacial score (nSPS) is 20.6. The van der Waals surface area contributed by atoms with Gasteiger partial charge in [-0.2, -0.15) is 5.26 Å². The van der Waals surface area contributed by atoms with Gasteiger partial charge < -0.3 is 4.98 Å². The van der Waals surface area contributed by atoms with Crippen LogP contribution in [-0.4, -0.2) is 4.98 Å². The highest BCUT2D eigenvalue weighted by Crippen LogP contribution is 2.39. The average molecular weight is 160 g/mol. The van der Waals surface area contributed by atoms with E-state index in [1.165, 1.54) is 12.8 Å². The van der Waals surface area contributed by atoms with Crippen LogP contribution in [0.25, 0.3) is 0 Å². The highest BCUT2D eigenvalue weighted by Gasteiger charge is 2.36. The van der Waals surface area contributed by atoms with Gasteiger partial charge in [-0.1, -0.05) is 12.8 Å². The summed E-state index contributed by atoms with van der Waals surface area (Å²) < 4.78 is 0. The molecule has 2 rings (SSSR count). The maximum atomic E-state index is 9.12. The van der Waals surface area contributed by atoms with Crippen molar-refractivity contribution in [1.29, 1.82) is 5.26 Å². The first-order chi connectivity index (χ1) is 5.87. The number of hydrogen-bond acceptors (Lipinski definition) is 1. The zero-order valence-electron chi connectivity index (χ0n) is 7.01. The maximum absolute atomic E-state index is 9.12. The van der Waals surface area contributed by atoms with E-state index in [0.717, 1.165) is 18.5 Å². The van der Waals surface area contributed by atoms with Crippen LogP contribution < -0.4 is 0 Å². The van der Waals surface area contributed by atoms with E-state index in [1.807, 2.05) is 18.3 Å². The third-order valence-electron chi connectivity index (χ3n) is 2.78. The first-order valence-corrected chi connectivity index (χ1v) is 4.42. The lowest BCUT2D eigenvalue weighted by Gasteiger charge is -2.17. The van der Waals surface area contributed by atoms with Crippen LogP contribution in [-0.2, 0) is 5.41 Å². The third-order valence-corrected chi connectivity index (χ3v) is 2.78. The van der Waals surface area contributed by atoms with Crippen molar-refractivity contribution < 1.29 is 0 Å². The monoisotopic (exact) mass is 160 g/mol. The molecule has 0 atom stereocenters. The largest absolute Gasteiger partial charge is 0.364 e. The summed E-state index contributed by atoms with van der Waals surface area (Å²) in [5.41, 5.74) is 0.909. The number of nitriles is 1. The molecule has 0 radical (unpaired) electrons. The lowest BCUT2D eigenvalue weighted by molar-refractivity contribution is 0.557. The van der Waals surface area contributed by atoms with Crippen molar-refractivity contribution in [3.63, 3.8) is 0 Å². The molecule has 62 valence electrons.